The molecule has 50 heavy (non-hydrogen) atoms. The average Bonchev–Trinajstić information content (AvgIpc) is 2.98. The number of likely N-dealkylation sites (N-methyl/N-ethyl adjacent to an activating group) is 2. The number of carboxylic acid groups (broad SMARTS) is 1. The van der Waals surface area contributed by atoms with Crippen LogP contribution in [0.15, 0.2) is 36.4 Å². The van der Waals surface area contributed by atoms with Gasteiger partial charge in [-0.3, -0.25) is 0 Å². The van der Waals surface area contributed by atoms with E-state index in [1.165, 1.54) is 0 Å². The minimum Gasteiger partial charge on any atom is -0.478 e. The molecule has 0 aliphatic carbocycles. The van der Waals surface area contributed by atoms with E-state index in [9.17, 15) is 9.90 Å². The van der Waals surface area contributed by atoms with Gasteiger partial charge in [0.1, 0.15) is 18.0 Å². The summed E-state index contributed by atoms with van der Waals surface area (Å²) in [7, 11) is -4.94. The zero-order chi connectivity index (χ0) is 37.4. The first kappa shape index (κ1) is 38.4. The summed E-state index contributed by atoms with van der Waals surface area (Å²) in [6.07, 6.45) is 4.50. The first-order valence-corrected chi connectivity index (χ1v) is 18.4. The fraction of sp³-hybridized carbons (Fsp3) is 0.333. The first-order chi connectivity index (χ1) is 23.0. The molecular weight excluding hydrogens is 750 g/mol. The fourth-order valence-electron chi connectivity index (χ4n) is 7.52. The van der Waals surface area contributed by atoms with E-state index < -0.39 is 16.2 Å². The number of rotatable bonds is 4. The second-order valence-corrected chi connectivity index (χ2v) is 15.6. The van der Waals surface area contributed by atoms with Gasteiger partial charge in [0.2, 0.25) is 5.36 Å². The Labute approximate surface area is 312 Å². The second-order valence-electron chi connectivity index (χ2n) is 13.3. The van der Waals surface area contributed by atoms with Crippen molar-refractivity contribution in [1.29, 1.82) is 0 Å². The highest BCUT2D eigenvalue weighted by Crippen LogP contribution is 2.50. The smallest absolute Gasteiger partial charge is 0.337 e. The number of hydrogen-bond donors (Lipinski definition) is 1. The number of allylic oxidation sites excluding steroid dienone is 2. The third-order valence-corrected chi connectivity index (χ3v) is 11.1. The summed E-state index contributed by atoms with van der Waals surface area (Å²) < 4.78 is 43.1. The van der Waals surface area contributed by atoms with Crippen molar-refractivity contribution in [2.45, 2.75) is 66.5 Å². The Kier molecular flexibility index (Phi) is 10.2. The minimum absolute atomic E-state index is 0.00804. The fourth-order valence-corrected chi connectivity index (χ4v) is 8.55. The normalized spacial score (nSPS) is 16.9. The number of aromatic carboxylic acids is 1. The Bertz CT molecular complexity index is 2160. The van der Waals surface area contributed by atoms with Gasteiger partial charge in [0.25, 0.3) is 0 Å². The zero-order valence-electron chi connectivity index (χ0n) is 28.6. The van der Waals surface area contributed by atoms with Gasteiger partial charge in [-0.05, 0) is 70.9 Å². The molecule has 0 amide bonds. The van der Waals surface area contributed by atoms with E-state index >= 15 is 0 Å². The second kappa shape index (κ2) is 13.3. The van der Waals surface area contributed by atoms with Crippen molar-refractivity contribution in [2.24, 2.45) is 0 Å². The Morgan fingerprint density at radius 3 is 1.98 bits per heavy atom. The topological polar surface area (TPSA) is 145 Å². The van der Waals surface area contributed by atoms with Gasteiger partial charge in [-0.1, -0.05) is 52.5 Å². The largest absolute Gasteiger partial charge is 0.478 e. The van der Waals surface area contributed by atoms with Gasteiger partial charge in [-0.25, -0.2) is 28.0 Å². The molecule has 0 aromatic heterocycles. The molecule has 3 aromatic carbocycles. The summed E-state index contributed by atoms with van der Waals surface area (Å²) in [4.78, 5) is 15.2. The maximum absolute atomic E-state index is 12.9. The van der Waals surface area contributed by atoms with Crippen LogP contribution in [0.2, 0.25) is 20.1 Å². The number of benzene rings is 3. The Morgan fingerprint density at radius 1 is 0.840 bits per heavy atom. The lowest BCUT2D eigenvalue weighted by Crippen LogP contribution is -2.68. The van der Waals surface area contributed by atoms with Gasteiger partial charge in [-0.2, -0.15) is 0 Å². The van der Waals surface area contributed by atoms with E-state index in [0.29, 0.717) is 27.9 Å². The number of carbonyl (C=O) groups is 1. The van der Waals surface area contributed by atoms with E-state index in [0.717, 1.165) is 46.4 Å². The van der Waals surface area contributed by atoms with E-state index in [2.05, 4.69) is 101 Å². The third kappa shape index (κ3) is 6.64. The van der Waals surface area contributed by atoms with Crippen molar-refractivity contribution in [1.82, 2.24) is 4.58 Å². The molecule has 0 unspecified atom stereocenters. The molecule has 3 aromatic rings. The molecule has 3 aliphatic heterocycles. The van der Waals surface area contributed by atoms with E-state index in [1.54, 1.807) is 0 Å². The number of carboxylic acids is 1. The molecule has 266 valence electrons. The molecule has 0 fully saturated rings. The van der Waals surface area contributed by atoms with Crippen LogP contribution in [0.3, 0.4) is 0 Å². The maximum Gasteiger partial charge on any atom is 0.337 e. The SMILES string of the molecule is CCN1c2cc3c(cc2C(C)=CC1(C)C)C(c1c(Cl)c(Cl)c(Cl)c(Cl)c1C(=O)O)=c1cc2c(cc1O3)=[N+](CC)C(C)(C)C=C2C.[O-][Cl+3]([O-])([O-])[O-]. The number of fused-ring (bicyclic) bond motifs is 4. The molecule has 0 bridgehead atoms. The first-order valence-electron chi connectivity index (χ1n) is 15.6. The summed E-state index contributed by atoms with van der Waals surface area (Å²) >= 11 is 26.6. The van der Waals surface area contributed by atoms with Crippen LogP contribution < -0.4 is 43.4 Å². The van der Waals surface area contributed by atoms with Crippen molar-refractivity contribution in [3.63, 3.8) is 0 Å². The van der Waals surface area contributed by atoms with Crippen LogP contribution in [0, 0.1) is 10.2 Å². The van der Waals surface area contributed by atoms with Crippen LogP contribution in [-0.2, 0) is 0 Å². The van der Waals surface area contributed by atoms with Crippen molar-refractivity contribution >= 4 is 74.8 Å². The molecule has 0 atom stereocenters. The van der Waals surface area contributed by atoms with Gasteiger partial charge >= 0.3 is 5.97 Å². The molecule has 3 aliphatic rings. The van der Waals surface area contributed by atoms with Crippen LogP contribution in [-0.4, -0.2) is 35.2 Å². The van der Waals surface area contributed by atoms with E-state index in [-0.39, 0.29) is 42.3 Å². The lowest BCUT2D eigenvalue weighted by molar-refractivity contribution is -2.00. The Balaban J connectivity index is 0.000000908. The zero-order valence-corrected chi connectivity index (χ0v) is 32.3. The van der Waals surface area contributed by atoms with Gasteiger partial charge in [-0.15, -0.1) is 10.2 Å². The molecule has 0 spiro atoms. The lowest BCUT2D eigenvalue weighted by Gasteiger charge is -2.43. The standard InChI is InChI=1S/C36H34Cl4N2O3.ClHO4/c1-9-41-23-13-25-21(11-19(23)17(3)15-35(41,5)6)27(28-29(34(43)44)31(38)33(40)32(39)30(28)37)22-12-20-18(4)16-36(7,8)42(10-2)24(20)14-26(22)45-25;2-1(3,4)5/h11-16H,9-10H2,1-8H3;(H,2,3,4,5). The van der Waals surface area contributed by atoms with Crippen LogP contribution in [0.25, 0.3) is 16.7 Å². The lowest BCUT2D eigenvalue weighted by atomic mass is 9.83. The number of halogens is 5. The molecule has 1 N–H and O–H groups in total. The number of ether oxygens (including phenoxy) is 1. The van der Waals surface area contributed by atoms with E-state index in [4.69, 9.17) is 69.8 Å². The molecular formula is C36H35Cl5N2O7. The molecule has 0 saturated heterocycles. The monoisotopic (exact) mass is 782 g/mol. The highest BCUT2D eigenvalue weighted by molar-refractivity contribution is 6.53. The summed E-state index contributed by atoms with van der Waals surface area (Å²) in [5.41, 5.74) is 6.10. The van der Waals surface area contributed by atoms with Crippen molar-refractivity contribution in [3.8, 4) is 11.5 Å². The van der Waals surface area contributed by atoms with Gasteiger partial charge < -0.3 is 14.7 Å². The molecule has 14 heteroatoms. The van der Waals surface area contributed by atoms with Crippen LogP contribution in [0.4, 0.5) is 5.69 Å². The quantitative estimate of drug-likeness (QED) is 0.183. The third-order valence-electron chi connectivity index (χ3n) is 9.28. The maximum atomic E-state index is 12.9. The highest BCUT2D eigenvalue weighted by Gasteiger charge is 2.37. The van der Waals surface area contributed by atoms with Gasteiger partial charge in [0, 0.05) is 65.2 Å². The summed E-state index contributed by atoms with van der Waals surface area (Å²) in [6.45, 7) is 18.8. The van der Waals surface area contributed by atoms with Crippen LogP contribution >= 0.6 is 46.4 Å². The summed E-state index contributed by atoms with van der Waals surface area (Å²) in [5.74, 6) is -0.0984. The molecule has 6 rings (SSSR count). The predicted molar refractivity (Wildman–Crippen MR) is 188 cm³/mol. The van der Waals surface area contributed by atoms with Gasteiger partial charge in [0.15, 0.2) is 5.54 Å². The number of anilines is 1. The van der Waals surface area contributed by atoms with Crippen LogP contribution in [0.1, 0.15) is 88.0 Å². The van der Waals surface area contributed by atoms with Crippen LogP contribution in [0.5, 0.6) is 11.5 Å². The molecule has 0 radical (unpaired) electrons. The Morgan fingerprint density at radius 2 is 1.42 bits per heavy atom. The van der Waals surface area contributed by atoms with Gasteiger partial charge in [0.05, 0.1) is 37.3 Å². The predicted octanol–water partition coefficient (Wildman–Crippen LogP) is 4.32. The highest BCUT2D eigenvalue weighted by atomic mass is 35.7. The molecule has 9 nitrogen and oxygen atoms in total. The van der Waals surface area contributed by atoms with Crippen molar-refractivity contribution < 1.29 is 43.5 Å². The minimum atomic E-state index is -4.94. The van der Waals surface area contributed by atoms with E-state index in [1.807, 2.05) is 0 Å². The molecule has 3 heterocycles. The summed E-state index contributed by atoms with van der Waals surface area (Å²) in [6, 6.07) is 8.23. The molecule has 0 saturated carbocycles. The number of nitrogens with zero attached hydrogens (tertiary/aromatic N) is 2. The van der Waals surface area contributed by atoms with Crippen molar-refractivity contribution in [3.05, 3.63) is 94.9 Å². The van der Waals surface area contributed by atoms with Crippen molar-refractivity contribution in [2.75, 3.05) is 18.0 Å². The summed E-state index contributed by atoms with van der Waals surface area (Å²) in [5, 5.41) is 12.0. The Hall–Kier alpha value is -2.83. The number of hydrogen-bond acceptors (Lipinski definition) is 7. The average molecular weight is 785 g/mol.